The van der Waals surface area contributed by atoms with Crippen LogP contribution in [0.2, 0.25) is 0 Å². The van der Waals surface area contributed by atoms with Gasteiger partial charge in [0.1, 0.15) is 11.5 Å². The third kappa shape index (κ3) is 4.57. The number of aromatic nitrogens is 2. The van der Waals surface area contributed by atoms with E-state index in [1.54, 1.807) is 0 Å². The Morgan fingerprint density at radius 2 is 1.83 bits per heavy atom. The largest absolute Gasteiger partial charge is 0.494 e. The number of hydrogen-bond donors (Lipinski definition) is 0. The first-order valence-electron chi connectivity index (χ1n) is 10.3. The van der Waals surface area contributed by atoms with Crippen molar-refractivity contribution in [2.75, 3.05) is 19.8 Å². The highest BCUT2D eigenvalue weighted by molar-refractivity contribution is 5.54. The Hall–Kier alpha value is -2.92. The summed E-state index contributed by atoms with van der Waals surface area (Å²) in [7, 11) is 0. The molecule has 1 aliphatic rings. The highest BCUT2D eigenvalue weighted by Gasteiger charge is 2.20. The molecule has 4 rings (SSSR count). The Kier molecular flexibility index (Phi) is 6.06. The van der Waals surface area contributed by atoms with Crippen molar-refractivity contribution >= 4 is 0 Å². The molecule has 0 saturated carbocycles. The molecule has 2 heterocycles. The summed E-state index contributed by atoms with van der Waals surface area (Å²) in [4.78, 5) is 11.9. The molecule has 0 amide bonds. The van der Waals surface area contributed by atoms with Crippen molar-refractivity contribution in [2.45, 2.75) is 33.4 Å². The summed E-state index contributed by atoms with van der Waals surface area (Å²) in [6.45, 7) is 7.95. The van der Waals surface area contributed by atoms with Crippen LogP contribution in [-0.2, 0) is 19.5 Å². The topological polar surface area (TPSA) is 47.5 Å². The van der Waals surface area contributed by atoms with Crippen LogP contribution in [0.25, 0.3) is 11.4 Å². The van der Waals surface area contributed by atoms with Crippen LogP contribution in [0, 0.1) is 0 Å². The first-order chi connectivity index (χ1) is 14.3. The fourth-order valence-electron chi connectivity index (χ4n) is 3.69. The molecule has 0 spiro atoms. The Bertz CT molecular complexity index is 960. The van der Waals surface area contributed by atoms with Crippen molar-refractivity contribution in [1.82, 2.24) is 14.9 Å². The zero-order valence-electron chi connectivity index (χ0n) is 17.1. The van der Waals surface area contributed by atoms with Gasteiger partial charge in [0, 0.05) is 55.0 Å². The van der Waals surface area contributed by atoms with Crippen molar-refractivity contribution in [3.63, 3.8) is 0 Å². The highest BCUT2D eigenvalue weighted by Crippen LogP contribution is 2.28. The second-order valence-corrected chi connectivity index (χ2v) is 7.13. The van der Waals surface area contributed by atoms with E-state index in [1.807, 2.05) is 50.4 Å². The van der Waals surface area contributed by atoms with Crippen LogP contribution in [0.1, 0.15) is 30.7 Å². The van der Waals surface area contributed by atoms with E-state index in [0.717, 1.165) is 54.6 Å². The van der Waals surface area contributed by atoms with Gasteiger partial charge in [-0.1, -0.05) is 36.4 Å². The molecule has 0 radical (unpaired) electrons. The van der Waals surface area contributed by atoms with Crippen molar-refractivity contribution in [1.29, 1.82) is 0 Å². The molecule has 29 heavy (non-hydrogen) atoms. The van der Waals surface area contributed by atoms with E-state index in [-0.39, 0.29) is 0 Å². The lowest BCUT2D eigenvalue weighted by molar-refractivity contribution is 0.236. The highest BCUT2D eigenvalue weighted by atomic mass is 16.5. The van der Waals surface area contributed by atoms with Gasteiger partial charge in [0.25, 0.3) is 0 Å². The molecule has 150 valence electrons. The van der Waals surface area contributed by atoms with E-state index >= 15 is 0 Å². The fraction of sp³-hybridized carbons (Fsp3) is 0.333. The van der Waals surface area contributed by atoms with Gasteiger partial charge in [-0.2, -0.15) is 0 Å². The molecule has 1 aromatic heterocycles. The second kappa shape index (κ2) is 9.05. The summed E-state index contributed by atoms with van der Waals surface area (Å²) < 4.78 is 11.5. The van der Waals surface area contributed by atoms with Gasteiger partial charge in [-0.25, -0.2) is 9.97 Å². The average molecular weight is 389 g/mol. The average Bonchev–Trinajstić information content (AvgIpc) is 2.76. The van der Waals surface area contributed by atoms with Gasteiger partial charge in [-0.15, -0.1) is 0 Å². The summed E-state index contributed by atoms with van der Waals surface area (Å²) in [5, 5.41) is 0. The Balaban J connectivity index is 1.49. The van der Waals surface area contributed by atoms with E-state index in [9.17, 15) is 0 Å². The number of fused-ring (bicyclic) bond motifs is 1. The lowest BCUT2D eigenvalue weighted by Crippen LogP contribution is -2.31. The molecule has 5 heteroatoms. The van der Waals surface area contributed by atoms with Crippen LogP contribution in [0.5, 0.6) is 11.5 Å². The number of nitrogens with zero attached hydrogens (tertiary/aromatic N) is 3. The van der Waals surface area contributed by atoms with Gasteiger partial charge >= 0.3 is 0 Å². The minimum atomic E-state index is 0.640. The predicted octanol–water partition coefficient (Wildman–Crippen LogP) is 4.50. The van der Waals surface area contributed by atoms with E-state index in [2.05, 4.69) is 28.1 Å². The fourth-order valence-corrected chi connectivity index (χ4v) is 3.69. The molecule has 0 aliphatic carbocycles. The first kappa shape index (κ1) is 19.4. The van der Waals surface area contributed by atoms with Crippen molar-refractivity contribution in [3.05, 3.63) is 71.5 Å². The van der Waals surface area contributed by atoms with Gasteiger partial charge in [0.2, 0.25) is 0 Å². The third-order valence-corrected chi connectivity index (χ3v) is 5.09. The zero-order chi connectivity index (χ0) is 20.1. The van der Waals surface area contributed by atoms with E-state index in [0.29, 0.717) is 13.2 Å². The number of rotatable bonds is 7. The normalized spacial score (nSPS) is 13.7. The van der Waals surface area contributed by atoms with Crippen LogP contribution in [0.4, 0.5) is 0 Å². The zero-order valence-corrected chi connectivity index (χ0v) is 17.1. The van der Waals surface area contributed by atoms with Gasteiger partial charge in [-0.3, -0.25) is 4.90 Å². The Morgan fingerprint density at radius 1 is 1.00 bits per heavy atom. The summed E-state index contributed by atoms with van der Waals surface area (Å²) in [5.41, 5.74) is 4.61. The van der Waals surface area contributed by atoms with Crippen molar-refractivity contribution < 1.29 is 9.47 Å². The minimum Gasteiger partial charge on any atom is -0.494 e. The molecular formula is C24H27N3O2. The third-order valence-electron chi connectivity index (χ3n) is 5.09. The van der Waals surface area contributed by atoms with Crippen LogP contribution in [0.15, 0.2) is 54.7 Å². The maximum Gasteiger partial charge on any atom is 0.159 e. The second-order valence-electron chi connectivity index (χ2n) is 7.13. The summed E-state index contributed by atoms with van der Waals surface area (Å²) >= 11 is 0. The number of benzene rings is 2. The molecule has 0 fully saturated rings. The van der Waals surface area contributed by atoms with Crippen LogP contribution in [0.3, 0.4) is 0 Å². The summed E-state index contributed by atoms with van der Waals surface area (Å²) in [6.07, 6.45) is 2.91. The number of ether oxygens (including phenoxy) is 2. The van der Waals surface area contributed by atoms with Gasteiger partial charge < -0.3 is 9.47 Å². The number of hydrogen-bond acceptors (Lipinski definition) is 5. The molecular weight excluding hydrogens is 362 g/mol. The smallest absolute Gasteiger partial charge is 0.159 e. The predicted molar refractivity (Wildman–Crippen MR) is 114 cm³/mol. The van der Waals surface area contributed by atoms with Crippen LogP contribution >= 0.6 is 0 Å². The van der Waals surface area contributed by atoms with E-state index in [1.165, 1.54) is 11.1 Å². The van der Waals surface area contributed by atoms with Gasteiger partial charge in [0.05, 0.1) is 18.9 Å². The van der Waals surface area contributed by atoms with Crippen LogP contribution < -0.4 is 9.47 Å². The molecule has 0 bridgehead atoms. The Morgan fingerprint density at radius 3 is 2.62 bits per heavy atom. The molecule has 0 unspecified atom stereocenters. The monoisotopic (exact) mass is 389 g/mol. The molecule has 0 saturated heterocycles. The molecule has 3 aromatic rings. The Labute approximate surface area is 172 Å². The minimum absolute atomic E-state index is 0.640. The molecule has 2 aromatic carbocycles. The molecule has 0 N–H and O–H groups in total. The van der Waals surface area contributed by atoms with E-state index < -0.39 is 0 Å². The quantitative estimate of drug-likeness (QED) is 0.595. The molecule has 5 nitrogen and oxygen atoms in total. The summed E-state index contributed by atoms with van der Waals surface area (Å²) in [5.74, 6) is 2.56. The summed E-state index contributed by atoms with van der Waals surface area (Å²) in [6, 6.07) is 16.3. The maximum absolute atomic E-state index is 5.87. The molecule has 0 atom stereocenters. The first-order valence-corrected chi connectivity index (χ1v) is 10.3. The van der Waals surface area contributed by atoms with Gasteiger partial charge in [0.15, 0.2) is 5.82 Å². The van der Waals surface area contributed by atoms with Crippen molar-refractivity contribution in [3.8, 4) is 22.9 Å². The van der Waals surface area contributed by atoms with Gasteiger partial charge in [-0.05, 0) is 19.9 Å². The maximum atomic E-state index is 5.87. The molecule has 1 aliphatic heterocycles. The van der Waals surface area contributed by atoms with E-state index in [4.69, 9.17) is 14.5 Å². The lowest BCUT2D eigenvalue weighted by atomic mass is 10.1. The van der Waals surface area contributed by atoms with Crippen molar-refractivity contribution in [2.24, 2.45) is 0 Å². The SMILES string of the molecule is CCOc1ccc(CN2CCc3nc(-c4ccccc4)ncc3C2)c(OCC)c1. The lowest BCUT2D eigenvalue weighted by Gasteiger charge is -2.28. The standard InChI is InChI=1S/C24H27N3O2/c1-3-28-21-11-10-19(23(14-21)29-4-2)16-27-13-12-22-20(17-27)15-25-24(26-22)18-8-6-5-7-9-18/h5-11,14-15H,3-4,12-13,16-17H2,1-2H3. The van der Waals surface area contributed by atoms with Crippen LogP contribution in [-0.4, -0.2) is 34.6 Å².